The maximum absolute atomic E-state index is 11.9. The summed E-state index contributed by atoms with van der Waals surface area (Å²) in [6.45, 7) is 0. The van der Waals surface area contributed by atoms with Gasteiger partial charge in [0.1, 0.15) is 6.04 Å². The van der Waals surface area contributed by atoms with Crippen molar-refractivity contribution in [3.8, 4) is 5.75 Å². The molecule has 0 spiro atoms. The molecule has 2 aromatic rings. The van der Waals surface area contributed by atoms with Gasteiger partial charge in [-0.25, -0.2) is 9.78 Å². The Kier molecular flexibility index (Phi) is 4.61. The number of aromatic nitrogens is 2. The predicted octanol–water partition coefficient (Wildman–Crippen LogP) is 0.701. The molecule has 1 atom stereocenters. The molecule has 2 rings (SSSR count). The summed E-state index contributed by atoms with van der Waals surface area (Å²) in [5.41, 5.74) is 5.07. The van der Waals surface area contributed by atoms with Crippen molar-refractivity contribution >= 4 is 17.3 Å². The number of H-pyrrole nitrogens is 1. The van der Waals surface area contributed by atoms with E-state index in [0.717, 1.165) is 12.1 Å². The molecule has 23 heavy (non-hydrogen) atoms. The molecule has 0 saturated carbocycles. The maximum Gasteiger partial charge on any atom is 0.328 e. The molecule has 0 radical (unpaired) electrons. The van der Waals surface area contributed by atoms with Gasteiger partial charge in [-0.05, 0) is 6.07 Å². The molecule has 1 aromatic heterocycles. The molecule has 1 heterocycles. The number of hydrogen-bond acceptors (Lipinski definition) is 8. The number of nitro benzene ring substituents is 2. The zero-order valence-corrected chi connectivity index (χ0v) is 11.5. The minimum absolute atomic E-state index is 0.0968. The quantitative estimate of drug-likeness (QED) is 0.339. The SMILES string of the molecule is N[C@@H](Cc1cnc[nH]1)C(=O)Oc1ccc([N+](=O)[O-])cc1[N+](=O)[O-]. The number of rotatable bonds is 6. The third-order valence-corrected chi connectivity index (χ3v) is 2.86. The van der Waals surface area contributed by atoms with Crippen molar-refractivity contribution in [2.24, 2.45) is 5.73 Å². The Morgan fingerprint density at radius 1 is 1.35 bits per heavy atom. The van der Waals surface area contributed by atoms with E-state index in [1.54, 1.807) is 0 Å². The van der Waals surface area contributed by atoms with E-state index in [9.17, 15) is 25.0 Å². The Balaban J connectivity index is 2.16. The number of imidazole rings is 1. The van der Waals surface area contributed by atoms with Crippen LogP contribution >= 0.6 is 0 Å². The third kappa shape index (κ3) is 3.85. The first-order chi connectivity index (χ1) is 10.9. The van der Waals surface area contributed by atoms with Crippen molar-refractivity contribution in [1.82, 2.24) is 9.97 Å². The molecule has 0 aliphatic rings. The van der Waals surface area contributed by atoms with Crippen molar-refractivity contribution in [2.45, 2.75) is 12.5 Å². The number of esters is 1. The molecule has 120 valence electrons. The minimum Gasteiger partial charge on any atom is -0.418 e. The molecular formula is C12H11N5O6. The van der Waals surface area contributed by atoms with Gasteiger partial charge in [0.25, 0.3) is 5.69 Å². The lowest BCUT2D eigenvalue weighted by Crippen LogP contribution is -2.36. The summed E-state index contributed by atoms with van der Waals surface area (Å²) in [7, 11) is 0. The van der Waals surface area contributed by atoms with E-state index in [2.05, 4.69) is 9.97 Å². The van der Waals surface area contributed by atoms with E-state index in [-0.39, 0.29) is 6.42 Å². The van der Waals surface area contributed by atoms with Gasteiger partial charge in [-0.2, -0.15) is 0 Å². The van der Waals surface area contributed by atoms with Crippen LogP contribution in [-0.4, -0.2) is 31.8 Å². The number of nitrogens with two attached hydrogens (primary N) is 1. The lowest BCUT2D eigenvalue weighted by Gasteiger charge is -2.10. The van der Waals surface area contributed by atoms with Gasteiger partial charge >= 0.3 is 11.7 Å². The molecule has 0 aliphatic carbocycles. The Morgan fingerprint density at radius 2 is 2.09 bits per heavy atom. The van der Waals surface area contributed by atoms with Crippen LogP contribution in [0, 0.1) is 20.2 Å². The second-order valence-electron chi connectivity index (χ2n) is 4.47. The van der Waals surface area contributed by atoms with Crippen LogP contribution in [0.2, 0.25) is 0 Å². The number of nitrogens with one attached hydrogen (secondary N) is 1. The monoisotopic (exact) mass is 321 g/mol. The second kappa shape index (κ2) is 6.62. The number of hydrogen-bond donors (Lipinski definition) is 2. The lowest BCUT2D eigenvalue weighted by molar-refractivity contribution is -0.394. The standard InChI is InChI=1S/C12H11N5O6/c13-9(3-7-5-14-6-15-7)12(18)23-11-2-1-8(16(19)20)4-10(11)17(21)22/h1-2,4-6,9H,3,13H2,(H,14,15)/t9-/m0/s1. The molecule has 0 aliphatic heterocycles. The first-order valence-electron chi connectivity index (χ1n) is 6.26. The van der Waals surface area contributed by atoms with Crippen LogP contribution in [0.1, 0.15) is 5.69 Å². The van der Waals surface area contributed by atoms with E-state index in [4.69, 9.17) is 10.5 Å². The zero-order chi connectivity index (χ0) is 17.0. The van der Waals surface area contributed by atoms with Crippen LogP contribution in [0.4, 0.5) is 11.4 Å². The van der Waals surface area contributed by atoms with Gasteiger partial charge in [0.05, 0.1) is 22.2 Å². The van der Waals surface area contributed by atoms with E-state index < -0.39 is 39.0 Å². The predicted molar refractivity (Wildman–Crippen MR) is 75.7 cm³/mol. The van der Waals surface area contributed by atoms with Crippen LogP contribution in [0.3, 0.4) is 0 Å². The molecule has 0 amide bonds. The second-order valence-corrected chi connectivity index (χ2v) is 4.47. The molecule has 0 saturated heterocycles. The highest BCUT2D eigenvalue weighted by molar-refractivity contribution is 5.79. The summed E-state index contributed by atoms with van der Waals surface area (Å²) in [5.74, 6) is -1.32. The number of aromatic amines is 1. The van der Waals surface area contributed by atoms with Crippen molar-refractivity contribution in [1.29, 1.82) is 0 Å². The molecule has 11 heteroatoms. The highest BCUT2D eigenvalue weighted by atomic mass is 16.6. The maximum atomic E-state index is 11.9. The molecular weight excluding hydrogens is 310 g/mol. The molecule has 3 N–H and O–H groups in total. The fourth-order valence-electron chi connectivity index (χ4n) is 1.75. The number of carbonyl (C=O) groups is 1. The lowest BCUT2D eigenvalue weighted by atomic mass is 10.2. The van der Waals surface area contributed by atoms with Gasteiger partial charge in [-0.3, -0.25) is 20.2 Å². The normalized spacial score (nSPS) is 11.7. The molecule has 0 fully saturated rings. The van der Waals surface area contributed by atoms with Crippen LogP contribution in [0.5, 0.6) is 5.75 Å². The number of nitro groups is 2. The molecule has 1 aromatic carbocycles. The van der Waals surface area contributed by atoms with Gasteiger partial charge in [0.2, 0.25) is 5.75 Å². The van der Waals surface area contributed by atoms with Crippen LogP contribution < -0.4 is 10.5 Å². The number of non-ortho nitro benzene ring substituents is 1. The Hall–Kier alpha value is -3.34. The average Bonchev–Trinajstić information content (AvgIpc) is 2.99. The first kappa shape index (κ1) is 16.0. The third-order valence-electron chi connectivity index (χ3n) is 2.86. The van der Waals surface area contributed by atoms with Crippen molar-refractivity contribution in [3.63, 3.8) is 0 Å². The summed E-state index contributed by atoms with van der Waals surface area (Å²) < 4.78 is 4.89. The van der Waals surface area contributed by atoms with Crippen LogP contribution in [-0.2, 0) is 11.2 Å². The van der Waals surface area contributed by atoms with Gasteiger partial charge in [-0.15, -0.1) is 0 Å². The number of benzene rings is 1. The van der Waals surface area contributed by atoms with E-state index in [1.165, 1.54) is 12.5 Å². The van der Waals surface area contributed by atoms with E-state index in [0.29, 0.717) is 11.8 Å². The van der Waals surface area contributed by atoms with Crippen molar-refractivity contribution < 1.29 is 19.4 Å². The van der Waals surface area contributed by atoms with Gasteiger partial charge in [0.15, 0.2) is 0 Å². The summed E-state index contributed by atoms with van der Waals surface area (Å²) in [4.78, 5) is 38.3. The Bertz CT molecular complexity index is 744. The average molecular weight is 321 g/mol. The highest BCUT2D eigenvalue weighted by Gasteiger charge is 2.25. The topological polar surface area (TPSA) is 167 Å². The van der Waals surface area contributed by atoms with Gasteiger partial charge in [-0.1, -0.05) is 0 Å². The summed E-state index contributed by atoms with van der Waals surface area (Å²) in [6.07, 6.45) is 2.98. The summed E-state index contributed by atoms with van der Waals surface area (Å²) >= 11 is 0. The summed E-state index contributed by atoms with van der Waals surface area (Å²) in [5, 5.41) is 21.6. The van der Waals surface area contributed by atoms with Gasteiger partial charge < -0.3 is 15.5 Å². The van der Waals surface area contributed by atoms with Crippen molar-refractivity contribution in [3.05, 3.63) is 56.6 Å². The number of carbonyl (C=O) groups excluding carboxylic acids is 1. The van der Waals surface area contributed by atoms with Gasteiger partial charge in [0, 0.05) is 24.4 Å². The number of ether oxygens (including phenoxy) is 1. The Labute approximate surface area is 128 Å². The number of nitrogens with zero attached hydrogens (tertiary/aromatic N) is 3. The largest absolute Gasteiger partial charge is 0.418 e. The molecule has 11 nitrogen and oxygen atoms in total. The van der Waals surface area contributed by atoms with Crippen LogP contribution in [0.25, 0.3) is 0 Å². The highest BCUT2D eigenvalue weighted by Crippen LogP contribution is 2.31. The fraction of sp³-hybridized carbons (Fsp3) is 0.167. The molecule has 0 unspecified atom stereocenters. The minimum atomic E-state index is -1.08. The van der Waals surface area contributed by atoms with Crippen molar-refractivity contribution in [2.75, 3.05) is 0 Å². The Morgan fingerprint density at radius 3 is 2.65 bits per heavy atom. The summed E-state index contributed by atoms with van der Waals surface area (Å²) in [6, 6.07) is 1.61. The first-order valence-corrected chi connectivity index (χ1v) is 6.26. The smallest absolute Gasteiger partial charge is 0.328 e. The van der Waals surface area contributed by atoms with E-state index >= 15 is 0 Å². The fourth-order valence-corrected chi connectivity index (χ4v) is 1.75. The van der Waals surface area contributed by atoms with Crippen LogP contribution in [0.15, 0.2) is 30.7 Å². The van der Waals surface area contributed by atoms with E-state index in [1.807, 2.05) is 0 Å². The zero-order valence-electron chi connectivity index (χ0n) is 11.5. The molecule has 0 bridgehead atoms.